The summed E-state index contributed by atoms with van der Waals surface area (Å²) in [6.07, 6.45) is 5.97. The van der Waals surface area contributed by atoms with Crippen LogP contribution in [0.2, 0.25) is 0 Å². The number of fused-ring (bicyclic) bond motifs is 1. The van der Waals surface area contributed by atoms with Gasteiger partial charge in [0, 0.05) is 44.5 Å². The van der Waals surface area contributed by atoms with Gasteiger partial charge in [0.25, 0.3) is 0 Å². The van der Waals surface area contributed by atoms with E-state index in [2.05, 4.69) is 31.2 Å². The number of nitrogens with zero attached hydrogens (tertiary/aromatic N) is 6. The van der Waals surface area contributed by atoms with Gasteiger partial charge in [-0.15, -0.1) is 11.3 Å². The predicted molar refractivity (Wildman–Crippen MR) is 94.8 cm³/mol. The molecule has 7 nitrogen and oxygen atoms in total. The molecule has 130 valence electrons. The Bertz CT molecular complexity index is 887. The maximum absolute atomic E-state index is 9.65. The number of rotatable bonds is 4. The van der Waals surface area contributed by atoms with Crippen molar-refractivity contribution in [3.63, 3.8) is 0 Å². The number of aryl methyl sites for hydroxylation is 1. The third-order valence-electron chi connectivity index (χ3n) is 4.36. The molecule has 0 aromatic carbocycles. The highest BCUT2D eigenvalue weighted by Gasteiger charge is 2.20. The summed E-state index contributed by atoms with van der Waals surface area (Å²) in [6.45, 7) is 4.34. The second-order valence-corrected chi connectivity index (χ2v) is 7.54. The zero-order chi connectivity index (χ0) is 17.4. The Hall–Kier alpha value is -2.16. The summed E-state index contributed by atoms with van der Waals surface area (Å²) >= 11 is 1.58. The van der Waals surface area contributed by atoms with Crippen LogP contribution in [0, 0.1) is 0 Å². The van der Waals surface area contributed by atoms with Gasteiger partial charge in [0.1, 0.15) is 5.01 Å². The second kappa shape index (κ2) is 6.62. The first kappa shape index (κ1) is 16.3. The lowest BCUT2D eigenvalue weighted by molar-refractivity contribution is 0.203. The van der Waals surface area contributed by atoms with Crippen molar-refractivity contribution in [1.29, 1.82) is 0 Å². The number of hydrogen-bond acceptors (Lipinski definition) is 7. The molecule has 0 radical (unpaired) electrons. The van der Waals surface area contributed by atoms with Crippen molar-refractivity contribution in [3.05, 3.63) is 45.8 Å². The van der Waals surface area contributed by atoms with Crippen LogP contribution in [0.1, 0.15) is 34.2 Å². The Morgan fingerprint density at radius 2 is 2.20 bits per heavy atom. The Morgan fingerprint density at radius 1 is 1.32 bits per heavy atom. The predicted octanol–water partition coefficient (Wildman–Crippen LogP) is 1.95. The van der Waals surface area contributed by atoms with Gasteiger partial charge in [-0.2, -0.15) is 15.3 Å². The molecule has 4 rings (SSSR count). The van der Waals surface area contributed by atoms with Crippen molar-refractivity contribution in [2.24, 2.45) is 7.05 Å². The second-order valence-electron chi connectivity index (χ2n) is 6.40. The summed E-state index contributed by atoms with van der Waals surface area (Å²) in [5.41, 5.74) is 4.14. The number of thiazole rings is 1. The molecule has 0 fully saturated rings. The average Bonchev–Trinajstić information content (AvgIpc) is 3.23. The lowest BCUT2D eigenvalue weighted by atomic mass is 10.0. The molecule has 0 amide bonds. The molecule has 1 atom stereocenters. The van der Waals surface area contributed by atoms with E-state index in [1.807, 2.05) is 19.4 Å². The molecule has 0 saturated carbocycles. The number of aromatic nitrogens is 5. The van der Waals surface area contributed by atoms with Crippen LogP contribution < -0.4 is 0 Å². The van der Waals surface area contributed by atoms with E-state index in [1.54, 1.807) is 29.1 Å². The third-order valence-corrected chi connectivity index (χ3v) is 5.51. The van der Waals surface area contributed by atoms with E-state index in [0.29, 0.717) is 0 Å². The van der Waals surface area contributed by atoms with Crippen molar-refractivity contribution < 1.29 is 5.11 Å². The summed E-state index contributed by atoms with van der Waals surface area (Å²) in [5, 5.41) is 23.6. The largest absolute Gasteiger partial charge is 0.388 e. The quantitative estimate of drug-likeness (QED) is 0.770. The topological polar surface area (TPSA) is 80.0 Å². The van der Waals surface area contributed by atoms with Crippen LogP contribution >= 0.6 is 11.3 Å². The maximum Gasteiger partial charge on any atom is 0.107 e. The molecule has 0 bridgehead atoms. The Morgan fingerprint density at radius 3 is 2.92 bits per heavy atom. The molecule has 0 spiro atoms. The normalized spacial score (nSPS) is 16.0. The summed E-state index contributed by atoms with van der Waals surface area (Å²) in [4.78, 5) is 7.71. The van der Waals surface area contributed by atoms with Crippen LogP contribution in [0.4, 0.5) is 0 Å². The fourth-order valence-corrected chi connectivity index (χ4v) is 3.90. The SMILES string of the molecule is CC(O)c1cnc(CN2CCc3nnc(-c4cnn(C)c4)cc3C2)s1. The molecule has 4 heterocycles. The Balaban J connectivity index is 1.51. The van der Waals surface area contributed by atoms with Crippen LogP contribution in [-0.2, 0) is 26.6 Å². The van der Waals surface area contributed by atoms with E-state index in [4.69, 9.17) is 0 Å². The van der Waals surface area contributed by atoms with Gasteiger partial charge in [-0.1, -0.05) is 0 Å². The van der Waals surface area contributed by atoms with Crippen LogP contribution in [0.15, 0.2) is 24.7 Å². The van der Waals surface area contributed by atoms with E-state index >= 15 is 0 Å². The molecule has 25 heavy (non-hydrogen) atoms. The van der Waals surface area contributed by atoms with Gasteiger partial charge in [0.15, 0.2) is 0 Å². The number of aliphatic hydroxyl groups excluding tert-OH is 1. The number of aliphatic hydroxyl groups is 1. The van der Waals surface area contributed by atoms with E-state index in [9.17, 15) is 5.11 Å². The van der Waals surface area contributed by atoms with E-state index in [-0.39, 0.29) is 0 Å². The summed E-state index contributed by atoms with van der Waals surface area (Å²) in [7, 11) is 1.90. The molecule has 3 aromatic rings. The smallest absolute Gasteiger partial charge is 0.107 e. The van der Waals surface area contributed by atoms with Crippen LogP contribution in [0.25, 0.3) is 11.3 Å². The van der Waals surface area contributed by atoms with Gasteiger partial charge in [-0.3, -0.25) is 9.58 Å². The molecule has 1 aliphatic rings. The molecule has 0 saturated heterocycles. The summed E-state index contributed by atoms with van der Waals surface area (Å²) in [6, 6.07) is 2.12. The highest BCUT2D eigenvalue weighted by atomic mass is 32.1. The van der Waals surface area contributed by atoms with Crippen LogP contribution in [0.3, 0.4) is 0 Å². The van der Waals surface area contributed by atoms with Crippen molar-refractivity contribution in [2.45, 2.75) is 32.5 Å². The molecule has 8 heteroatoms. The Labute approximate surface area is 150 Å². The first-order valence-electron chi connectivity index (χ1n) is 8.28. The first-order chi connectivity index (χ1) is 12.1. The van der Waals surface area contributed by atoms with Crippen LogP contribution in [-0.4, -0.2) is 41.5 Å². The minimum Gasteiger partial charge on any atom is -0.388 e. The molecular formula is C17H20N6OS. The van der Waals surface area contributed by atoms with Gasteiger partial charge in [0.2, 0.25) is 0 Å². The van der Waals surface area contributed by atoms with Crippen molar-refractivity contribution >= 4 is 11.3 Å². The van der Waals surface area contributed by atoms with Gasteiger partial charge in [0.05, 0.1) is 35.1 Å². The van der Waals surface area contributed by atoms with E-state index in [1.165, 1.54) is 5.56 Å². The number of hydrogen-bond donors (Lipinski definition) is 1. The Kier molecular flexibility index (Phi) is 4.32. The van der Waals surface area contributed by atoms with Crippen molar-refractivity contribution in [1.82, 2.24) is 29.9 Å². The average molecular weight is 356 g/mol. The van der Waals surface area contributed by atoms with Gasteiger partial charge in [-0.25, -0.2) is 4.98 Å². The van der Waals surface area contributed by atoms with Gasteiger partial charge < -0.3 is 5.11 Å². The minimum absolute atomic E-state index is 0.453. The zero-order valence-electron chi connectivity index (χ0n) is 14.3. The molecular weight excluding hydrogens is 336 g/mol. The lowest BCUT2D eigenvalue weighted by Crippen LogP contribution is -2.30. The summed E-state index contributed by atoms with van der Waals surface area (Å²) < 4.78 is 1.77. The fourth-order valence-electron chi connectivity index (χ4n) is 3.00. The van der Waals surface area contributed by atoms with Crippen LogP contribution in [0.5, 0.6) is 0 Å². The van der Waals surface area contributed by atoms with Gasteiger partial charge >= 0.3 is 0 Å². The third kappa shape index (κ3) is 3.46. The fraction of sp³-hybridized carbons (Fsp3) is 0.412. The van der Waals surface area contributed by atoms with Crippen molar-refractivity contribution in [3.8, 4) is 11.3 Å². The first-order valence-corrected chi connectivity index (χ1v) is 9.09. The minimum atomic E-state index is -0.453. The van der Waals surface area contributed by atoms with Crippen molar-refractivity contribution in [2.75, 3.05) is 6.54 Å². The standard InChI is InChI=1S/C17H20N6OS/c1-11(24)16-7-18-17(25-16)10-23-4-3-14-12(9-23)5-15(21-20-14)13-6-19-22(2)8-13/h5-8,11,24H,3-4,9-10H2,1-2H3. The van der Waals surface area contributed by atoms with Gasteiger partial charge in [-0.05, 0) is 18.6 Å². The van der Waals surface area contributed by atoms with E-state index < -0.39 is 6.10 Å². The maximum atomic E-state index is 9.65. The molecule has 1 N–H and O–H groups in total. The molecule has 3 aromatic heterocycles. The monoisotopic (exact) mass is 356 g/mol. The molecule has 1 unspecified atom stereocenters. The lowest BCUT2D eigenvalue weighted by Gasteiger charge is -2.27. The highest BCUT2D eigenvalue weighted by Crippen LogP contribution is 2.25. The molecule has 0 aliphatic carbocycles. The highest BCUT2D eigenvalue weighted by molar-refractivity contribution is 7.11. The summed E-state index contributed by atoms with van der Waals surface area (Å²) in [5.74, 6) is 0. The zero-order valence-corrected chi connectivity index (χ0v) is 15.1. The molecule has 1 aliphatic heterocycles. The van der Waals surface area contributed by atoms with E-state index in [0.717, 1.165) is 52.9 Å².